The zero-order chi connectivity index (χ0) is 30.7. The summed E-state index contributed by atoms with van der Waals surface area (Å²) in [6, 6.07) is 20.2. The highest BCUT2D eigenvalue weighted by atomic mass is 16.5. The molecule has 2 aromatic heterocycles. The number of amides is 2. The zero-order valence-corrected chi connectivity index (χ0v) is 24.8. The molecule has 4 aromatic rings. The van der Waals surface area contributed by atoms with Crippen LogP contribution in [0.25, 0.3) is 11.0 Å². The normalized spacial score (nSPS) is 19.8. The molecule has 2 aromatic carbocycles. The van der Waals surface area contributed by atoms with Gasteiger partial charge in [0.2, 0.25) is 5.91 Å². The minimum Gasteiger partial charge on any atom is -0.497 e. The summed E-state index contributed by atoms with van der Waals surface area (Å²) in [4.78, 5) is 50.5. The van der Waals surface area contributed by atoms with Crippen LogP contribution in [0.15, 0.2) is 77.9 Å². The van der Waals surface area contributed by atoms with E-state index in [1.165, 1.54) is 16.5 Å². The van der Waals surface area contributed by atoms with Gasteiger partial charge in [-0.3, -0.25) is 19.0 Å². The first-order valence-corrected chi connectivity index (χ1v) is 15.2. The SMILES string of the molecule is COc1ccc(C(=O)Nc2ccc3ncn(CC4(O)CCN(C(=O)C5CCCCC5c5ccccc5)CC4)c(=O)c3n2)cc1. The van der Waals surface area contributed by atoms with Gasteiger partial charge >= 0.3 is 0 Å². The number of anilines is 1. The number of carbonyl (C=O) groups is 2. The van der Waals surface area contributed by atoms with E-state index in [0.717, 1.165) is 25.7 Å². The molecule has 2 atom stereocenters. The van der Waals surface area contributed by atoms with Crippen LogP contribution >= 0.6 is 0 Å². The number of nitrogens with one attached hydrogen (secondary N) is 1. The molecule has 2 aliphatic rings. The Balaban J connectivity index is 1.12. The van der Waals surface area contributed by atoms with E-state index in [1.54, 1.807) is 43.5 Å². The first-order chi connectivity index (χ1) is 21.3. The van der Waals surface area contributed by atoms with Crippen LogP contribution in [0.3, 0.4) is 0 Å². The van der Waals surface area contributed by atoms with Crippen LogP contribution in [-0.4, -0.2) is 62.2 Å². The summed E-state index contributed by atoms with van der Waals surface area (Å²) in [7, 11) is 1.55. The summed E-state index contributed by atoms with van der Waals surface area (Å²) in [6.07, 6.45) is 6.21. The van der Waals surface area contributed by atoms with Crippen LogP contribution in [0, 0.1) is 5.92 Å². The Hall–Kier alpha value is -4.57. The van der Waals surface area contributed by atoms with Crippen LogP contribution in [0.4, 0.5) is 5.82 Å². The predicted octanol–water partition coefficient (Wildman–Crippen LogP) is 4.38. The van der Waals surface area contributed by atoms with Gasteiger partial charge in [0.15, 0.2) is 5.52 Å². The van der Waals surface area contributed by atoms with E-state index in [4.69, 9.17) is 4.74 Å². The molecule has 10 heteroatoms. The molecular weight excluding hydrogens is 558 g/mol. The third-order valence-electron chi connectivity index (χ3n) is 9.05. The predicted molar refractivity (Wildman–Crippen MR) is 167 cm³/mol. The lowest BCUT2D eigenvalue weighted by Crippen LogP contribution is -2.51. The fourth-order valence-corrected chi connectivity index (χ4v) is 6.53. The molecule has 2 N–H and O–H groups in total. The topological polar surface area (TPSA) is 127 Å². The van der Waals surface area contributed by atoms with Crippen molar-refractivity contribution in [3.05, 3.63) is 94.5 Å². The van der Waals surface area contributed by atoms with Crippen molar-refractivity contribution in [3.8, 4) is 5.75 Å². The van der Waals surface area contributed by atoms with Gasteiger partial charge < -0.3 is 20.1 Å². The lowest BCUT2D eigenvalue weighted by atomic mass is 9.74. The lowest BCUT2D eigenvalue weighted by molar-refractivity contribution is -0.142. The van der Waals surface area contributed by atoms with Crippen molar-refractivity contribution in [3.63, 3.8) is 0 Å². The number of carbonyl (C=O) groups excluding carboxylic acids is 2. The van der Waals surface area contributed by atoms with E-state index in [-0.39, 0.29) is 41.5 Å². The average molecular weight is 596 g/mol. The van der Waals surface area contributed by atoms with E-state index < -0.39 is 11.2 Å². The number of pyridine rings is 1. The fraction of sp³-hybridized carbons (Fsp3) is 0.382. The number of nitrogens with zero attached hydrogens (tertiary/aromatic N) is 4. The quantitative estimate of drug-likeness (QED) is 0.325. The third kappa shape index (κ3) is 6.21. The maximum absolute atomic E-state index is 13.7. The summed E-state index contributed by atoms with van der Waals surface area (Å²) in [6.45, 7) is 0.906. The molecule has 2 fully saturated rings. The van der Waals surface area contributed by atoms with E-state index >= 15 is 0 Å². The Morgan fingerprint density at radius 1 is 1.00 bits per heavy atom. The monoisotopic (exact) mass is 595 g/mol. The lowest BCUT2D eigenvalue weighted by Gasteiger charge is -2.41. The first kappa shape index (κ1) is 29.5. The highest BCUT2D eigenvalue weighted by molar-refractivity contribution is 6.04. The number of fused-ring (bicyclic) bond motifs is 1. The summed E-state index contributed by atoms with van der Waals surface area (Å²) in [5.74, 6) is 0.823. The maximum Gasteiger partial charge on any atom is 0.280 e. The van der Waals surface area contributed by atoms with Crippen LogP contribution in [0.2, 0.25) is 0 Å². The van der Waals surface area contributed by atoms with Gasteiger partial charge in [0.1, 0.15) is 11.6 Å². The van der Waals surface area contributed by atoms with Gasteiger partial charge in [-0.2, -0.15) is 0 Å². The molecule has 3 heterocycles. The van der Waals surface area contributed by atoms with Crippen molar-refractivity contribution in [2.75, 3.05) is 25.5 Å². The number of piperidine rings is 1. The molecule has 1 aliphatic carbocycles. The van der Waals surface area contributed by atoms with Gasteiger partial charge in [0.25, 0.3) is 11.5 Å². The van der Waals surface area contributed by atoms with Crippen molar-refractivity contribution < 1.29 is 19.4 Å². The molecule has 0 bridgehead atoms. The fourth-order valence-electron chi connectivity index (χ4n) is 6.53. The number of aliphatic hydroxyl groups is 1. The second-order valence-corrected chi connectivity index (χ2v) is 11.9. The molecule has 2 unspecified atom stereocenters. The molecule has 0 spiro atoms. The zero-order valence-electron chi connectivity index (χ0n) is 24.8. The van der Waals surface area contributed by atoms with Gasteiger partial charge in [-0.05, 0) is 73.6 Å². The van der Waals surface area contributed by atoms with Crippen LogP contribution in [0.5, 0.6) is 5.75 Å². The average Bonchev–Trinajstić information content (AvgIpc) is 3.06. The maximum atomic E-state index is 13.7. The first-order valence-electron chi connectivity index (χ1n) is 15.2. The van der Waals surface area contributed by atoms with Crippen LogP contribution in [0.1, 0.15) is 60.4 Å². The molecule has 10 nitrogen and oxygen atoms in total. The van der Waals surface area contributed by atoms with Crippen molar-refractivity contribution in [2.24, 2.45) is 5.92 Å². The highest BCUT2D eigenvalue weighted by Crippen LogP contribution is 2.39. The number of hydrogen-bond acceptors (Lipinski definition) is 7. The molecule has 1 saturated heterocycles. The Bertz CT molecular complexity index is 1700. The van der Waals surface area contributed by atoms with Crippen LogP contribution < -0.4 is 15.6 Å². The minimum atomic E-state index is -1.17. The number of likely N-dealkylation sites (tertiary alicyclic amines) is 1. The molecule has 6 rings (SSSR count). The van der Waals surface area contributed by atoms with E-state index in [9.17, 15) is 19.5 Å². The molecule has 2 amide bonds. The number of hydrogen-bond donors (Lipinski definition) is 2. The number of rotatable bonds is 7. The molecular formula is C34H37N5O5. The molecule has 228 valence electrons. The van der Waals surface area contributed by atoms with Crippen molar-refractivity contribution >= 4 is 28.7 Å². The summed E-state index contributed by atoms with van der Waals surface area (Å²) >= 11 is 0. The smallest absolute Gasteiger partial charge is 0.280 e. The summed E-state index contributed by atoms with van der Waals surface area (Å²) in [5, 5.41) is 14.2. The molecule has 0 radical (unpaired) electrons. The van der Waals surface area contributed by atoms with E-state index in [2.05, 4.69) is 27.4 Å². The van der Waals surface area contributed by atoms with E-state index in [1.807, 2.05) is 23.1 Å². The molecule has 1 saturated carbocycles. The van der Waals surface area contributed by atoms with Gasteiger partial charge in [0, 0.05) is 24.6 Å². The van der Waals surface area contributed by atoms with Crippen molar-refractivity contribution in [2.45, 2.75) is 56.6 Å². The highest BCUT2D eigenvalue weighted by Gasteiger charge is 2.39. The Kier molecular flexibility index (Phi) is 8.43. The Morgan fingerprint density at radius 2 is 1.73 bits per heavy atom. The van der Waals surface area contributed by atoms with Crippen molar-refractivity contribution in [1.82, 2.24) is 19.4 Å². The Labute approximate surface area is 255 Å². The largest absolute Gasteiger partial charge is 0.497 e. The standard InChI is InChI=1S/C34H37N5O5/c1-44-25-13-11-24(12-14-25)31(40)37-29-16-15-28-30(36-29)33(42)39(22-35-28)21-34(43)17-19-38(20-18-34)32(41)27-10-6-5-9-26(27)23-7-3-2-4-8-23/h2-4,7-8,11-16,22,26-27,43H,5-6,9-10,17-21H2,1H3,(H,36,37,40). The third-order valence-corrected chi connectivity index (χ3v) is 9.05. The van der Waals surface area contributed by atoms with E-state index in [0.29, 0.717) is 42.8 Å². The van der Waals surface area contributed by atoms with Crippen LogP contribution in [-0.2, 0) is 11.3 Å². The van der Waals surface area contributed by atoms with Gasteiger partial charge in [-0.15, -0.1) is 0 Å². The van der Waals surface area contributed by atoms with Gasteiger partial charge in [0.05, 0.1) is 31.1 Å². The number of ether oxygens (including phenoxy) is 1. The number of aromatic nitrogens is 3. The second-order valence-electron chi connectivity index (χ2n) is 11.9. The van der Waals surface area contributed by atoms with Gasteiger partial charge in [-0.25, -0.2) is 9.97 Å². The minimum absolute atomic E-state index is 0.0387. The second kappa shape index (κ2) is 12.6. The van der Waals surface area contributed by atoms with Gasteiger partial charge in [-0.1, -0.05) is 43.2 Å². The Morgan fingerprint density at radius 3 is 2.45 bits per heavy atom. The molecule has 1 aliphatic heterocycles. The number of methoxy groups -OCH3 is 1. The summed E-state index contributed by atoms with van der Waals surface area (Å²) in [5.41, 5.74) is 0.556. The summed E-state index contributed by atoms with van der Waals surface area (Å²) < 4.78 is 6.51. The number of benzene rings is 2. The molecule has 44 heavy (non-hydrogen) atoms. The van der Waals surface area contributed by atoms with Crippen molar-refractivity contribution in [1.29, 1.82) is 0 Å².